The van der Waals surface area contributed by atoms with E-state index in [0.717, 1.165) is 10.4 Å². The number of sulfonamides is 1. The smallest absolute Gasteiger partial charge is 0.339 e. The molecule has 0 spiro atoms. The molecule has 122 valence electrons. The molecule has 0 bridgehead atoms. The van der Waals surface area contributed by atoms with Gasteiger partial charge in [-0.25, -0.2) is 17.6 Å². The van der Waals surface area contributed by atoms with Gasteiger partial charge < -0.3 is 9.15 Å². The van der Waals surface area contributed by atoms with E-state index in [2.05, 4.69) is 0 Å². The lowest BCUT2D eigenvalue weighted by molar-refractivity contribution is 0.0752. The van der Waals surface area contributed by atoms with Gasteiger partial charge in [0.05, 0.1) is 19.2 Å². The molecule has 23 heavy (non-hydrogen) atoms. The van der Waals surface area contributed by atoms with Gasteiger partial charge in [0.1, 0.15) is 28.3 Å². The molecule has 0 N–H and O–H groups in total. The van der Waals surface area contributed by atoms with E-state index in [-0.39, 0.29) is 18.0 Å². The molecule has 1 aliphatic rings. The van der Waals surface area contributed by atoms with Gasteiger partial charge in [-0.05, 0) is 19.1 Å². The van der Waals surface area contributed by atoms with Gasteiger partial charge in [0.2, 0.25) is 10.0 Å². The number of benzene rings is 1. The van der Waals surface area contributed by atoms with Crippen molar-refractivity contribution in [3.63, 3.8) is 0 Å². The second-order valence-electron chi connectivity index (χ2n) is 5.22. The van der Waals surface area contributed by atoms with Crippen LogP contribution in [0.15, 0.2) is 50.5 Å². The lowest BCUT2D eigenvalue weighted by Gasteiger charge is -2.37. The molecule has 0 saturated carbocycles. The molecule has 0 unspecified atom stereocenters. The maximum absolute atomic E-state index is 13.7. The number of hydrogen-bond acceptors (Lipinski definition) is 5. The summed E-state index contributed by atoms with van der Waals surface area (Å²) in [6, 6.07) is 7.98. The third kappa shape index (κ3) is 3.13. The van der Waals surface area contributed by atoms with Gasteiger partial charge in [-0.2, -0.15) is 4.31 Å². The predicted molar refractivity (Wildman–Crippen MR) is 79.3 cm³/mol. The van der Waals surface area contributed by atoms with Gasteiger partial charge in [-0.15, -0.1) is 0 Å². The minimum Gasteiger partial charge on any atom is -0.487 e. The second kappa shape index (κ2) is 5.78. The molecule has 2 aromatic rings. The molecule has 8 heteroatoms. The number of halogens is 1. The van der Waals surface area contributed by atoms with E-state index in [1.54, 1.807) is 13.0 Å². The third-order valence-corrected chi connectivity index (χ3v) is 5.30. The monoisotopic (exact) mass is 339 g/mol. The van der Waals surface area contributed by atoms with Crippen molar-refractivity contribution in [1.29, 1.82) is 0 Å². The average Bonchev–Trinajstić information content (AvgIpc) is 2.41. The molecular weight excluding hydrogens is 325 g/mol. The van der Waals surface area contributed by atoms with Gasteiger partial charge in [0.15, 0.2) is 0 Å². The normalized spacial score (nSPS) is 16.1. The van der Waals surface area contributed by atoms with Crippen molar-refractivity contribution in [1.82, 2.24) is 4.31 Å². The van der Waals surface area contributed by atoms with Crippen LogP contribution in [0.25, 0.3) is 0 Å². The van der Waals surface area contributed by atoms with Gasteiger partial charge in [-0.3, -0.25) is 0 Å². The lowest BCUT2D eigenvalue weighted by Crippen LogP contribution is -2.56. The van der Waals surface area contributed by atoms with Gasteiger partial charge in [-0.1, -0.05) is 12.1 Å². The van der Waals surface area contributed by atoms with Crippen LogP contribution in [0.5, 0.6) is 5.75 Å². The van der Waals surface area contributed by atoms with Crippen LogP contribution in [0.3, 0.4) is 0 Å². The first-order chi connectivity index (χ1) is 10.9. The van der Waals surface area contributed by atoms with Gasteiger partial charge in [0, 0.05) is 6.07 Å². The summed E-state index contributed by atoms with van der Waals surface area (Å²) >= 11 is 0. The van der Waals surface area contributed by atoms with Crippen LogP contribution < -0.4 is 10.4 Å². The number of hydrogen-bond donors (Lipinski definition) is 0. The van der Waals surface area contributed by atoms with E-state index in [0.29, 0.717) is 11.5 Å². The van der Waals surface area contributed by atoms with Crippen LogP contribution in [-0.2, 0) is 10.0 Å². The number of nitrogens with zero attached hydrogens (tertiary/aromatic N) is 1. The highest BCUT2D eigenvalue weighted by molar-refractivity contribution is 7.89. The Kier molecular flexibility index (Phi) is 3.95. The van der Waals surface area contributed by atoms with Crippen molar-refractivity contribution in [3.8, 4) is 5.75 Å². The van der Waals surface area contributed by atoms with Crippen LogP contribution in [0.2, 0.25) is 0 Å². The fourth-order valence-electron chi connectivity index (χ4n) is 2.30. The fraction of sp³-hybridized carbons (Fsp3) is 0.267. The summed E-state index contributed by atoms with van der Waals surface area (Å²) in [5, 5.41) is 0. The zero-order chi connectivity index (χ0) is 16.6. The van der Waals surface area contributed by atoms with Crippen LogP contribution >= 0.6 is 0 Å². The Balaban J connectivity index is 1.69. The van der Waals surface area contributed by atoms with Gasteiger partial charge >= 0.3 is 5.63 Å². The van der Waals surface area contributed by atoms with Crippen LogP contribution in [0.1, 0.15) is 5.76 Å². The SMILES string of the molecule is Cc1cc(OC2CN(S(=O)(=O)c3ccccc3F)C2)cc(=O)o1. The summed E-state index contributed by atoms with van der Waals surface area (Å²) in [4.78, 5) is 10.9. The van der Waals surface area contributed by atoms with Crippen LogP contribution in [-0.4, -0.2) is 31.9 Å². The Bertz CT molecular complexity index is 887. The topological polar surface area (TPSA) is 76.8 Å². The van der Waals surface area contributed by atoms with Crippen molar-refractivity contribution < 1.29 is 22.0 Å². The summed E-state index contributed by atoms with van der Waals surface area (Å²) in [7, 11) is -3.88. The Hall–Kier alpha value is -2.19. The molecule has 1 aliphatic heterocycles. The third-order valence-electron chi connectivity index (χ3n) is 3.44. The molecule has 1 aromatic carbocycles. The standard InChI is InChI=1S/C15H14FNO5S/c1-10-6-11(7-15(18)21-10)22-12-8-17(9-12)23(19,20)14-5-3-2-4-13(14)16/h2-7,12H,8-9H2,1H3. The average molecular weight is 339 g/mol. The zero-order valence-electron chi connectivity index (χ0n) is 12.2. The van der Waals surface area contributed by atoms with E-state index in [1.165, 1.54) is 24.3 Å². The van der Waals surface area contributed by atoms with Crippen LogP contribution in [0, 0.1) is 12.7 Å². The first-order valence-electron chi connectivity index (χ1n) is 6.89. The van der Waals surface area contributed by atoms with Crippen molar-refractivity contribution in [2.45, 2.75) is 17.9 Å². The molecular formula is C15H14FNO5S. The Labute approximate surface area is 132 Å². The van der Waals surface area contributed by atoms with Crippen LogP contribution in [0.4, 0.5) is 4.39 Å². The molecule has 1 fully saturated rings. The van der Waals surface area contributed by atoms with E-state index < -0.39 is 27.6 Å². The van der Waals surface area contributed by atoms with Gasteiger partial charge in [0.25, 0.3) is 0 Å². The summed E-state index contributed by atoms with van der Waals surface area (Å²) < 4.78 is 49.8. The summed E-state index contributed by atoms with van der Waals surface area (Å²) in [6.45, 7) is 1.80. The summed E-state index contributed by atoms with van der Waals surface area (Å²) in [6.07, 6.45) is -0.391. The Morgan fingerprint density at radius 2 is 1.96 bits per heavy atom. The van der Waals surface area contributed by atoms with Crippen molar-refractivity contribution in [2.75, 3.05) is 13.1 Å². The number of rotatable bonds is 4. The fourth-order valence-corrected chi connectivity index (χ4v) is 3.87. The minimum absolute atomic E-state index is 0.0932. The molecule has 0 aliphatic carbocycles. The van der Waals surface area contributed by atoms with E-state index >= 15 is 0 Å². The Morgan fingerprint density at radius 1 is 1.26 bits per heavy atom. The summed E-state index contributed by atoms with van der Waals surface area (Å²) in [5.74, 6) is -0.0532. The lowest BCUT2D eigenvalue weighted by atomic mass is 10.2. The first-order valence-corrected chi connectivity index (χ1v) is 8.33. The predicted octanol–water partition coefficient (Wildman–Crippen LogP) is 1.54. The molecule has 0 atom stereocenters. The minimum atomic E-state index is -3.88. The highest BCUT2D eigenvalue weighted by atomic mass is 32.2. The largest absolute Gasteiger partial charge is 0.487 e. The first kappa shape index (κ1) is 15.7. The van der Waals surface area contributed by atoms with E-state index in [9.17, 15) is 17.6 Å². The molecule has 1 aromatic heterocycles. The molecule has 0 radical (unpaired) electrons. The van der Waals surface area contributed by atoms with E-state index in [1.807, 2.05) is 0 Å². The summed E-state index contributed by atoms with van der Waals surface area (Å²) in [5.41, 5.74) is -0.532. The zero-order valence-corrected chi connectivity index (χ0v) is 13.0. The molecule has 3 rings (SSSR count). The highest BCUT2D eigenvalue weighted by Gasteiger charge is 2.39. The highest BCUT2D eigenvalue weighted by Crippen LogP contribution is 2.26. The van der Waals surface area contributed by atoms with Crippen molar-refractivity contribution in [2.24, 2.45) is 0 Å². The number of ether oxygens (including phenoxy) is 1. The molecule has 0 amide bonds. The number of aryl methyl sites for hydroxylation is 1. The van der Waals surface area contributed by atoms with E-state index in [4.69, 9.17) is 9.15 Å². The molecule has 1 saturated heterocycles. The molecule has 6 nitrogen and oxygen atoms in total. The second-order valence-corrected chi connectivity index (χ2v) is 7.12. The van der Waals surface area contributed by atoms with Crippen molar-refractivity contribution >= 4 is 10.0 Å². The van der Waals surface area contributed by atoms with Crippen molar-refractivity contribution in [3.05, 3.63) is 58.4 Å². The quantitative estimate of drug-likeness (QED) is 0.844. The molecule has 2 heterocycles. The Morgan fingerprint density at radius 3 is 2.61 bits per heavy atom. The maximum Gasteiger partial charge on any atom is 0.339 e. The maximum atomic E-state index is 13.7.